The molecule has 6 heteroatoms. The Bertz CT molecular complexity index is 782. The molecule has 0 amide bonds. The molecule has 0 aliphatic carbocycles. The maximum absolute atomic E-state index is 5.64. The summed E-state index contributed by atoms with van der Waals surface area (Å²) in [6, 6.07) is 11.4. The molecule has 0 fully saturated rings. The van der Waals surface area contributed by atoms with Gasteiger partial charge in [-0.2, -0.15) is 4.98 Å². The van der Waals surface area contributed by atoms with E-state index in [1.807, 2.05) is 24.3 Å². The molecule has 0 saturated heterocycles. The predicted octanol–water partition coefficient (Wildman–Crippen LogP) is 2.24. The van der Waals surface area contributed by atoms with Gasteiger partial charge in [0.25, 0.3) is 5.89 Å². The molecule has 3 aromatic rings. The van der Waals surface area contributed by atoms with Crippen molar-refractivity contribution in [2.45, 2.75) is 5.92 Å². The summed E-state index contributed by atoms with van der Waals surface area (Å²) in [5.41, 5.74) is 7.90. The molecule has 3 heterocycles. The number of hydrogen-bond acceptors (Lipinski definition) is 6. The van der Waals surface area contributed by atoms with Gasteiger partial charge in [0.05, 0.1) is 17.8 Å². The fraction of sp³-hybridized carbons (Fsp3) is 0.133. The highest BCUT2D eigenvalue weighted by atomic mass is 16.5. The van der Waals surface area contributed by atoms with Gasteiger partial charge in [0.2, 0.25) is 0 Å². The molecule has 2 aromatic heterocycles. The van der Waals surface area contributed by atoms with Gasteiger partial charge in [0.15, 0.2) is 5.82 Å². The van der Waals surface area contributed by atoms with E-state index in [1.54, 1.807) is 18.3 Å². The van der Waals surface area contributed by atoms with Gasteiger partial charge in [-0.1, -0.05) is 23.4 Å². The van der Waals surface area contributed by atoms with Crippen molar-refractivity contribution >= 4 is 5.69 Å². The quantitative estimate of drug-likeness (QED) is 0.774. The van der Waals surface area contributed by atoms with E-state index in [0.717, 1.165) is 11.3 Å². The number of anilines is 1. The smallest absolute Gasteiger partial charge is 0.276 e. The summed E-state index contributed by atoms with van der Waals surface area (Å²) < 4.78 is 10.9. The SMILES string of the molecule is Nc1ccc(-c2nc(C3COc4ccccc43)no2)nc1. The molecule has 0 bridgehead atoms. The van der Waals surface area contributed by atoms with Crippen LogP contribution in [-0.4, -0.2) is 21.7 Å². The normalized spacial score (nSPS) is 16.5. The average molecular weight is 280 g/mol. The van der Waals surface area contributed by atoms with E-state index < -0.39 is 0 Å². The Morgan fingerprint density at radius 2 is 2.05 bits per heavy atom. The summed E-state index contributed by atoms with van der Waals surface area (Å²) in [6.07, 6.45) is 1.56. The summed E-state index contributed by atoms with van der Waals surface area (Å²) in [5.74, 6) is 1.86. The Balaban J connectivity index is 1.68. The van der Waals surface area contributed by atoms with Crippen LogP contribution < -0.4 is 10.5 Å². The standard InChI is InChI=1S/C15H12N4O2/c16-9-5-6-12(17-7-9)15-18-14(19-21-15)11-8-20-13-4-2-1-3-10(11)13/h1-7,11H,8,16H2. The number of nitrogens with two attached hydrogens (primary N) is 1. The topological polar surface area (TPSA) is 87.1 Å². The highest BCUT2D eigenvalue weighted by Gasteiger charge is 2.29. The van der Waals surface area contributed by atoms with E-state index in [1.165, 1.54) is 0 Å². The lowest BCUT2D eigenvalue weighted by atomic mass is 10.0. The zero-order valence-corrected chi connectivity index (χ0v) is 11.1. The fourth-order valence-electron chi connectivity index (χ4n) is 2.39. The molecule has 0 radical (unpaired) electrons. The number of nitrogen functional groups attached to an aromatic ring is 1. The Hall–Kier alpha value is -2.89. The van der Waals surface area contributed by atoms with Crippen LogP contribution in [0, 0.1) is 0 Å². The van der Waals surface area contributed by atoms with Crippen LogP contribution in [0.5, 0.6) is 5.75 Å². The maximum Gasteiger partial charge on any atom is 0.276 e. The minimum atomic E-state index is -0.00696. The number of aromatic nitrogens is 3. The van der Waals surface area contributed by atoms with E-state index in [9.17, 15) is 0 Å². The van der Waals surface area contributed by atoms with Crippen molar-refractivity contribution in [3.8, 4) is 17.3 Å². The van der Waals surface area contributed by atoms with Gasteiger partial charge in [0.1, 0.15) is 18.1 Å². The summed E-state index contributed by atoms with van der Waals surface area (Å²) in [5, 5.41) is 4.06. The number of hydrogen-bond donors (Lipinski definition) is 1. The second kappa shape index (κ2) is 4.59. The molecule has 1 aromatic carbocycles. The first-order valence-corrected chi connectivity index (χ1v) is 6.58. The number of pyridine rings is 1. The highest BCUT2D eigenvalue weighted by molar-refractivity contribution is 5.51. The maximum atomic E-state index is 5.64. The van der Waals surface area contributed by atoms with Crippen LogP contribution in [0.1, 0.15) is 17.3 Å². The van der Waals surface area contributed by atoms with E-state index in [-0.39, 0.29) is 5.92 Å². The molecule has 104 valence electrons. The summed E-state index contributed by atoms with van der Waals surface area (Å²) in [7, 11) is 0. The van der Waals surface area contributed by atoms with Crippen LogP contribution in [0.3, 0.4) is 0 Å². The van der Waals surface area contributed by atoms with Crippen LogP contribution in [-0.2, 0) is 0 Å². The third kappa shape index (κ3) is 2.01. The molecule has 2 N–H and O–H groups in total. The molecular formula is C15H12N4O2. The van der Waals surface area contributed by atoms with Gasteiger partial charge < -0.3 is 15.0 Å². The highest BCUT2D eigenvalue weighted by Crippen LogP contribution is 2.37. The second-order valence-electron chi connectivity index (χ2n) is 4.84. The summed E-state index contributed by atoms with van der Waals surface area (Å²) >= 11 is 0. The van der Waals surface area contributed by atoms with Crippen molar-refractivity contribution in [3.05, 3.63) is 54.0 Å². The molecule has 1 aliphatic heterocycles. The van der Waals surface area contributed by atoms with Crippen LogP contribution in [0.2, 0.25) is 0 Å². The van der Waals surface area contributed by atoms with E-state index in [4.69, 9.17) is 15.0 Å². The zero-order valence-electron chi connectivity index (χ0n) is 11.1. The molecule has 0 spiro atoms. The Kier molecular flexibility index (Phi) is 2.60. The molecular weight excluding hydrogens is 268 g/mol. The van der Waals surface area contributed by atoms with Crippen molar-refractivity contribution in [3.63, 3.8) is 0 Å². The first-order valence-electron chi connectivity index (χ1n) is 6.58. The number of ether oxygens (including phenoxy) is 1. The van der Waals surface area contributed by atoms with Gasteiger partial charge in [0, 0.05) is 5.56 Å². The molecule has 0 saturated carbocycles. The van der Waals surface area contributed by atoms with Crippen molar-refractivity contribution < 1.29 is 9.26 Å². The molecule has 1 atom stereocenters. The summed E-state index contributed by atoms with van der Waals surface area (Å²) in [4.78, 5) is 8.61. The van der Waals surface area contributed by atoms with Crippen molar-refractivity contribution in [2.24, 2.45) is 0 Å². The lowest BCUT2D eigenvalue weighted by molar-refractivity contribution is 0.334. The number of rotatable bonds is 2. The molecule has 1 unspecified atom stereocenters. The first kappa shape index (κ1) is 11.9. The fourth-order valence-corrected chi connectivity index (χ4v) is 2.39. The Labute approximate surface area is 120 Å². The lowest BCUT2D eigenvalue weighted by Gasteiger charge is -2.01. The number of nitrogens with zero attached hydrogens (tertiary/aromatic N) is 3. The van der Waals surface area contributed by atoms with Gasteiger partial charge in [-0.15, -0.1) is 0 Å². The Morgan fingerprint density at radius 1 is 1.14 bits per heavy atom. The van der Waals surface area contributed by atoms with Gasteiger partial charge in [-0.25, -0.2) is 4.98 Å². The third-order valence-corrected chi connectivity index (χ3v) is 3.46. The van der Waals surface area contributed by atoms with Gasteiger partial charge in [-0.05, 0) is 18.2 Å². The van der Waals surface area contributed by atoms with E-state index >= 15 is 0 Å². The average Bonchev–Trinajstić information content (AvgIpc) is 3.14. The molecule has 4 rings (SSSR count). The summed E-state index contributed by atoms with van der Waals surface area (Å²) in [6.45, 7) is 0.521. The zero-order chi connectivity index (χ0) is 14.2. The number of fused-ring (bicyclic) bond motifs is 1. The van der Waals surface area contributed by atoms with Crippen molar-refractivity contribution in [1.82, 2.24) is 15.1 Å². The Morgan fingerprint density at radius 3 is 2.90 bits per heavy atom. The van der Waals surface area contributed by atoms with E-state index in [0.29, 0.717) is 29.7 Å². The minimum absolute atomic E-state index is 0.00696. The van der Waals surface area contributed by atoms with E-state index in [2.05, 4.69) is 15.1 Å². The molecule has 6 nitrogen and oxygen atoms in total. The largest absolute Gasteiger partial charge is 0.492 e. The first-order chi connectivity index (χ1) is 10.3. The monoisotopic (exact) mass is 280 g/mol. The molecule has 21 heavy (non-hydrogen) atoms. The minimum Gasteiger partial charge on any atom is -0.492 e. The van der Waals surface area contributed by atoms with Crippen molar-refractivity contribution in [2.75, 3.05) is 12.3 Å². The van der Waals surface area contributed by atoms with Crippen LogP contribution in [0.15, 0.2) is 47.1 Å². The number of para-hydroxylation sites is 1. The van der Waals surface area contributed by atoms with Gasteiger partial charge in [-0.3, -0.25) is 0 Å². The lowest BCUT2D eigenvalue weighted by Crippen LogP contribution is -2.04. The molecule has 1 aliphatic rings. The van der Waals surface area contributed by atoms with Gasteiger partial charge >= 0.3 is 0 Å². The second-order valence-corrected chi connectivity index (χ2v) is 4.84. The van der Waals surface area contributed by atoms with Crippen molar-refractivity contribution in [1.29, 1.82) is 0 Å². The number of benzene rings is 1. The van der Waals surface area contributed by atoms with Crippen LogP contribution >= 0.6 is 0 Å². The predicted molar refractivity (Wildman–Crippen MR) is 75.7 cm³/mol. The van der Waals surface area contributed by atoms with Crippen LogP contribution in [0.25, 0.3) is 11.6 Å². The third-order valence-electron chi connectivity index (χ3n) is 3.46. The van der Waals surface area contributed by atoms with Crippen LogP contribution in [0.4, 0.5) is 5.69 Å².